The molecule has 0 aliphatic heterocycles. The first-order valence-electron chi connectivity index (χ1n) is 5.74. The number of aliphatic hydroxyl groups is 1. The molecule has 2 heteroatoms. The van der Waals surface area contributed by atoms with E-state index in [1.165, 1.54) is 6.07 Å². The average molecular weight is 230 g/mol. The molecule has 0 spiro atoms. The minimum absolute atomic E-state index is 0.340. The normalized spacial score (nSPS) is 12.4. The van der Waals surface area contributed by atoms with Crippen LogP contribution in [0.4, 0.5) is 4.39 Å². The topological polar surface area (TPSA) is 20.2 Å². The third-order valence-corrected chi connectivity index (χ3v) is 2.81. The highest BCUT2D eigenvalue weighted by atomic mass is 19.1. The van der Waals surface area contributed by atoms with Crippen molar-refractivity contribution in [2.75, 3.05) is 0 Å². The first kappa shape index (κ1) is 11.8. The predicted octanol–water partition coefficient (Wildman–Crippen LogP) is 3.49. The standard InChI is InChI=1S/C15H15FO/c16-14-9-5-4-8-13(14)15(17)11-10-12-6-2-1-3-7-12/h1-9,15,17H,10-11H2. The van der Waals surface area contributed by atoms with Gasteiger partial charge in [0.05, 0.1) is 6.10 Å². The molecule has 0 saturated heterocycles. The highest BCUT2D eigenvalue weighted by Crippen LogP contribution is 2.21. The summed E-state index contributed by atoms with van der Waals surface area (Å²) >= 11 is 0. The van der Waals surface area contributed by atoms with Crippen LogP contribution in [0.1, 0.15) is 23.7 Å². The molecule has 0 amide bonds. The largest absolute Gasteiger partial charge is 0.388 e. The van der Waals surface area contributed by atoms with Crippen molar-refractivity contribution in [3.8, 4) is 0 Å². The molecule has 1 unspecified atom stereocenters. The summed E-state index contributed by atoms with van der Waals surface area (Å²) in [7, 11) is 0. The Labute approximate surface area is 101 Å². The Kier molecular flexibility index (Phi) is 3.89. The van der Waals surface area contributed by atoms with E-state index in [0.717, 1.165) is 12.0 Å². The Bertz CT molecular complexity index is 467. The Morgan fingerprint density at radius 1 is 0.941 bits per heavy atom. The van der Waals surface area contributed by atoms with Gasteiger partial charge >= 0.3 is 0 Å². The molecule has 1 N–H and O–H groups in total. The number of rotatable bonds is 4. The number of benzene rings is 2. The van der Waals surface area contributed by atoms with Crippen LogP contribution in [0.25, 0.3) is 0 Å². The number of aryl methyl sites for hydroxylation is 1. The molecule has 17 heavy (non-hydrogen) atoms. The Morgan fingerprint density at radius 3 is 2.29 bits per heavy atom. The summed E-state index contributed by atoms with van der Waals surface area (Å²) in [4.78, 5) is 0. The Balaban J connectivity index is 1.99. The monoisotopic (exact) mass is 230 g/mol. The average Bonchev–Trinajstić information content (AvgIpc) is 2.38. The fourth-order valence-corrected chi connectivity index (χ4v) is 1.85. The fraction of sp³-hybridized carbons (Fsp3) is 0.200. The summed E-state index contributed by atoms with van der Waals surface area (Å²) in [6.07, 6.45) is 0.540. The van der Waals surface area contributed by atoms with E-state index < -0.39 is 6.10 Å². The molecule has 88 valence electrons. The maximum absolute atomic E-state index is 13.4. The highest BCUT2D eigenvalue weighted by molar-refractivity contribution is 5.21. The first-order valence-corrected chi connectivity index (χ1v) is 5.74. The molecule has 0 bridgehead atoms. The van der Waals surface area contributed by atoms with Gasteiger partial charge in [0.2, 0.25) is 0 Å². The second-order valence-corrected chi connectivity index (χ2v) is 4.06. The van der Waals surface area contributed by atoms with Gasteiger partial charge < -0.3 is 5.11 Å². The van der Waals surface area contributed by atoms with Gasteiger partial charge in [-0.3, -0.25) is 0 Å². The number of hydrogen-bond acceptors (Lipinski definition) is 1. The summed E-state index contributed by atoms with van der Waals surface area (Å²) in [6.45, 7) is 0. The zero-order valence-corrected chi connectivity index (χ0v) is 9.51. The van der Waals surface area contributed by atoms with E-state index in [9.17, 15) is 9.50 Å². The minimum atomic E-state index is -0.739. The van der Waals surface area contributed by atoms with Crippen LogP contribution in [0.2, 0.25) is 0 Å². The molecule has 1 nitrogen and oxygen atoms in total. The summed E-state index contributed by atoms with van der Waals surface area (Å²) in [6, 6.07) is 16.3. The van der Waals surface area contributed by atoms with Gasteiger partial charge in [-0.2, -0.15) is 0 Å². The van der Waals surface area contributed by atoms with Crippen molar-refractivity contribution in [2.45, 2.75) is 18.9 Å². The maximum atomic E-state index is 13.4. The molecule has 0 fully saturated rings. The van der Waals surface area contributed by atoms with E-state index >= 15 is 0 Å². The second kappa shape index (κ2) is 5.60. The van der Waals surface area contributed by atoms with Crippen molar-refractivity contribution < 1.29 is 9.50 Å². The molecule has 2 aromatic rings. The summed E-state index contributed by atoms with van der Waals surface area (Å²) in [5.41, 5.74) is 1.53. The van der Waals surface area contributed by atoms with E-state index in [-0.39, 0.29) is 5.82 Å². The maximum Gasteiger partial charge on any atom is 0.128 e. The van der Waals surface area contributed by atoms with Crippen LogP contribution in [0.5, 0.6) is 0 Å². The molecular weight excluding hydrogens is 215 g/mol. The van der Waals surface area contributed by atoms with Crippen LogP contribution in [0, 0.1) is 5.82 Å². The first-order chi connectivity index (χ1) is 8.27. The van der Waals surface area contributed by atoms with Crippen molar-refractivity contribution in [3.63, 3.8) is 0 Å². The summed E-state index contributed by atoms with van der Waals surface area (Å²) in [5.74, 6) is -0.340. The van der Waals surface area contributed by atoms with Gasteiger partial charge in [-0.05, 0) is 24.5 Å². The summed E-state index contributed by atoms with van der Waals surface area (Å²) < 4.78 is 13.4. The van der Waals surface area contributed by atoms with E-state index in [2.05, 4.69) is 0 Å². The minimum Gasteiger partial charge on any atom is -0.388 e. The zero-order chi connectivity index (χ0) is 12.1. The van der Waals surface area contributed by atoms with Crippen molar-refractivity contribution >= 4 is 0 Å². The summed E-state index contributed by atoms with van der Waals surface area (Å²) in [5, 5.41) is 9.92. The van der Waals surface area contributed by atoms with Crippen molar-refractivity contribution in [3.05, 3.63) is 71.5 Å². The highest BCUT2D eigenvalue weighted by Gasteiger charge is 2.11. The third kappa shape index (κ3) is 3.14. The van der Waals surface area contributed by atoms with Gasteiger partial charge in [0.25, 0.3) is 0 Å². The van der Waals surface area contributed by atoms with E-state index in [1.54, 1.807) is 18.2 Å². The lowest BCUT2D eigenvalue weighted by molar-refractivity contribution is 0.163. The third-order valence-electron chi connectivity index (χ3n) is 2.81. The molecule has 0 heterocycles. The molecule has 0 radical (unpaired) electrons. The molecular formula is C15H15FO. The van der Waals surface area contributed by atoms with Gasteiger partial charge in [0.15, 0.2) is 0 Å². The van der Waals surface area contributed by atoms with Crippen molar-refractivity contribution in [1.29, 1.82) is 0 Å². The van der Waals surface area contributed by atoms with Crippen LogP contribution in [-0.4, -0.2) is 5.11 Å². The number of halogens is 1. The van der Waals surface area contributed by atoms with Crippen LogP contribution in [-0.2, 0) is 6.42 Å². The lowest BCUT2D eigenvalue weighted by atomic mass is 10.0. The number of hydrogen-bond donors (Lipinski definition) is 1. The molecule has 2 aromatic carbocycles. The quantitative estimate of drug-likeness (QED) is 0.852. The van der Waals surface area contributed by atoms with Gasteiger partial charge in [-0.15, -0.1) is 0 Å². The predicted molar refractivity (Wildman–Crippen MR) is 66.1 cm³/mol. The van der Waals surface area contributed by atoms with Crippen LogP contribution in [0.3, 0.4) is 0 Å². The molecule has 1 atom stereocenters. The van der Waals surface area contributed by atoms with Crippen molar-refractivity contribution in [1.82, 2.24) is 0 Å². The lowest BCUT2D eigenvalue weighted by Crippen LogP contribution is -2.02. The SMILES string of the molecule is OC(CCc1ccccc1)c1ccccc1F. The lowest BCUT2D eigenvalue weighted by Gasteiger charge is -2.11. The Hall–Kier alpha value is -1.67. The number of aliphatic hydroxyl groups excluding tert-OH is 1. The van der Waals surface area contributed by atoms with Crippen LogP contribution >= 0.6 is 0 Å². The smallest absolute Gasteiger partial charge is 0.128 e. The van der Waals surface area contributed by atoms with E-state index in [4.69, 9.17) is 0 Å². The van der Waals surface area contributed by atoms with Crippen LogP contribution in [0.15, 0.2) is 54.6 Å². The molecule has 0 aromatic heterocycles. The van der Waals surface area contributed by atoms with Gasteiger partial charge in [0, 0.05) is 5.56 Å². The fourth-order valence-electron chi connectivity index (χ4n) is 1.85. The van der Waals surface area contributed by atoms with Gasteiger partial charge in [0.1, 0.15) is 5.82 Å². The molecule has 0 aliphatic carbocycles. The molecule has 2 rings (SSSR count). The second-order valence-electron chi connectivity index (χ2n) is 4.06. The molecule has 0 saturated carbocycles. The van der Waals surface area contributed by atoms with E-state index in [1.807, 2.05) is 30.3 Å². The zero-order valence-electron chi connectivity index (χ0n) is 9.51. The van der Waals surface area contributed by atoms with Crippen molar-refractivity contribution in [2.24, 2.45) is 0 Å². The molecule has 0 aliphatic rings. The van der Waals surface area contributed by atoms with E-state index in [0.29, 0.717) is 12.0 Å². The Morgan fingerprint density at radius 2 is 1.59 bits per heavy atom. The van der Waals surface area contributed by atoms with Gasteiger partial charge in [-0.1, -0.05) is 48.5 Å². The van der Waals surface area contributed by atoms with Gasteiger partial charge in [-0.25, -0.2) is 4.39 Å². The van der Waals surface area contributed by atoms with Crippen LogP contribution < -0.4 is 0 Å².